The molecule has 0 saturated heterocycles. The van der Waals surface area contributed by atoms with Gasteiger partial charge in [-0.2, -0.15) is 5.21 Å². The summed E-state index contributed by atoms with van der Waals surface area (Å²) in [6.07, 6.45) is 0. The van der Waals surface area contributed by atoms with Crippen LogP contribution in [0.5, 0.6) is 11.5 Å². The Morgan fingerprint density at radius 2 is 1.92 bits per heavy atom. The molecule has 0 aliphatic carbocycles. The van der Waals surface area contributed by atoms with E-state index in [2.05, 4.69) is 20.6 Å². The van der Waals surface area contributed by atoms with Gasteiger partial charge in [-0.15, -0.1) is 10.2 Å². The maximum atomic E-state index is 6.37. The molecule has 3 aromatic rings. The van der Waals surface area contributed by atoms with Gasteiger partial charge in [0.2, 0.25) is 5.82 Å². The Morgan fingerprint density at radius 1 is 1.08 bits per heavy atom. The van der Waals surface area contributed by atoms with Gasteiger partial charge >= 0.3 is 0 Å². The molecular formula is C16H14Cl2N4O2. The minimum atomic E-state index is 0.279. The van der Waals surface area contributed by atoms with Crippen LogP contribution < -0.4 is 9.47 Å². The van der Waals surface area contributed by atoms with E-state index in [4.69, 9.17) is 32.7 Å². The van der Waals surface area contributed by atoms with Crippen molar-refractivity contribution in [3.63, 3.8) is 0 Å². The van der Waals surface area contributed by atoms with Crippen molar-refractivity contribution in [2.45, 2.75) is 13.5 Å². The molecule has 3 rings (SSSR count). The Balaban J connectivity index is 1.90. The van der Waals surface area contributed by atoms with E-state index in [0.717, 1.165) is 5.56 Å². The molecule has 0 fully saturated rings. The first kappa shape index (κ1) is 16.5. The number of hydrogen-bond acceptors (Lipinski definition) is 5. The average molecular weight is 365 g/mol. The van der Waals surface area contributed by atoms with Gasteiger partial charge in [0, 0.05) is 16.1 Å². The van der Waals surface area contributed by atoms with Crippen molar-refractivity contribution in [1.29, 1.82) is 0 Å². The van der Waals surface area contributed by atoms with Crippen LogP contribution >= 0.6 is 23.2 Å². The van der Waals surface area contributed by atoms with Gasteiger partial charge in [-0.3, -0.25) is 0 Å². The summed E-state index contributed by atoms with van der Waals surface area (Å²) in [6.45, 7) is 2.63. The number of aromatic amines is 1. The Labute approximate surface area is 148 Å². The van der Waals surface area contributed by atoms with Crippen LogP contribution in [0, 0.1) is 0 Å². The van der Waals surface area contributed by atoms with Crippen LogP contribution in [-0.4, -0.2) is 27.2 Å². The van der Waals surface area contributed by atoms with Gasteiger partial charge in [-0.25, -0.2) is 0 Å². The number of H-pyrrole nitrogens is 1. The Morgan fingerprint density at radius 3 is 2.62 bits per heavy atom. The van der Waals surface area contributed by atoms with E-state index in [0.29, 0.717) is 39.5 Å². The third-order valence-corrected chi connectivity index (χ3v) is 3.89. The predicted molar refractivity (Wildman–Crippen MR) is 91.6 cm³/mol. The molecule has 0 spiro atoms. The molecule has 1 heterocycles. The van der Waals surface area contributed by atoms with Gasteiger partial charge in [0.25, 0.3) is 0 Å². The van der Waals surface area contributed by atoms with Gasteiger partial charge < -0.3 is 9.47 Å². The summed E-state index contributed by atoms with van der Waals surface area (Å²) in [5.41, 5.74) is 1.54. The van der Waals surface area contributed by atoms with Crippen LogP contribution in [0.1, 0.15) is 12.5 Å². The zero-order valence-electron chi connectivity index (χ0n) is 12.8. The molecule has 0 aliphatic heterocycles. The standard InChI is InChI=1S/C16H14Cl2N4O2/c1-2-23-14-8-11(16-19-21-22-20-16)7-13(18)15(14)24-9-10-5-3-4-6-12(10)17/h3-8H,2,9H2,1H3,(H,19,20,21,22). The van der Waals surface area contributed by atoms with Crippen molar-refractivity contribution < 1.29 is 9.47 Å². The van der Waals surface area contributed by atoms with Gasteiger partial charge in [0.05, 0.1) is 11.6 Å². The monoisotopic (exact) mass is 364 g/mol. The van der Waals surface area contributed by atoms with Crippen molar-refractivity contribution in [2.75, 3.05) is 6.61 Å². The molecule has 8 heteroatoms. The largest absolute Gasteiger partial charge is 0.490 e. The van der Waals surface area contributed by atoms with Crippen LogP contribution in [0.15, 0.2) is 36.4 Å². The van der Waals surface area contributed by atoms with Crippen molar-refractivity contribution in [1.82, 2.24) is 20.6 Å². The summed E-state index contributed by atoms with van der Waals surface area (Å²) < 4.78 is 11.5. The Bertz CT molecular complexity index is 825. The fourth-order valence-electron chi connectivity index (χ4n) is 2.15. The summed E-state index contributed by atoms with van der Waals surface area (Å²) in [5.74, 6) is 1.39. The first-order valence-electron chi connectivity index (χ1n) is 7.25. The molecule has 6 nitrogen and oxygen atoms in total. The van der Waals surface area contributed by atoms with Crippen LogP contribution in [0.2, 0.25) is 10.0 Å². The quantitative estimate of drug-likeness (QED) is 0.710. The number of rotatable bonds is 6. The van der Waals surface area contributed by atoms with Crippen LogP contribution in [-0.2, 0) is 6.61 Å². The molecule has 0 saturated carbocycles. The van der Waals surface area contributed by atoms with E-state index in [1.807, 2.05) is 31.2 Å². The molecule has 0 amide bonds. The van der Waals surface area contributed by atoms with Gasteiger partial charge in [-0.05, 0) is 30.3 Å². The lowest BCUT2D eigenvalue weighted by Crippen LogP contribution is -2.01. The lowest BCUT2D eigenvalue weighted by atomic mass is 10.2. The van der Waals surface area contributed by atoms with Gasteiger partial charge in [0.15, 0.2) is 11.5 Å². The first-order valence-corrected chi connectivity index (χ1v) is 8.01. The SMILES string of the molecule is CCOc1cc(-c2nn[nH]n2)cc(Cl)c1OCc1ccccc1Cl. The van der Waals surface area contributed by atoms with Gasteiger partial charge in [0.1, 0.15) is 6.61 Å². The second kappa shape index (κ2) is 7.51. The smallest absolute Gasteiger partial charge is 0.204 e. The minimum absolute atomic E-state index is 0.279. The van der Waals surface area contributed by atoms with Crippen LogP contribution in [0.4, 0.5) is 0 Å². The number of benzene rings is 2. The normalized spacial score (nSPS) is 10.6. The van der Waals surface area contributed by atoms with E-state index in [-0.39, 0.29) is 6.61 Å². The average Bonchev–Trinajstić information content (AvgIpc) is 3.10. The molecule has 0 unspecified atom stereocenters. The predicted octanol–water partition coefficient (Wildman–Crippen LogP) is 4.15. The number of nitrogens with one attached hydrogen (secondary N) is 1. The maximum absolute atomic E-state index is 6.37. The molecule has 0 aliphatic rings. The lowest BCUT2D eigenvalue weighted by molar-refractivity contribution is 0.269. The molecule has 124 valence electrons. The second-order valence-corrected chi connectivity index (χ2v) is 5.65. The second-order valence-electron chi connectivity index (χ2n) is 4.83. The Hall–Kier alpha value is -2.31. The van der Waals surface area contributed by atoms with E-state index in [1.54, 1.807) is 12.1 Å². The summed E-state index contributed by atoms with van der Waals surface area (Å²) in [6, 6.07) is 10.9. The van der Waals surface area contributed by atoms with Gasteiger partial charge in [-0.1, -0.05) is 41.4 Å². The first-order chi connectivity index (χ1) is 11.7. The fraction of sp³-hybridized carbons (Fsp3) is 0.188. The van der Waals surface area contributed by atoms with Crippen LogP contribution in [0.25, 0.3) is 11.4 Å². The molecule has 2 aromatic carbocycles. The van der Waals surface area contributed by atoms with Crippen molar-refractivity contribution in [3.8, 4) is 22.9 Å². The zero-order valence-corrected chi connectivity index (χ0v) is 14.3. The van der Waals surface area contributed by atoms with Crippen LogP contribution in [0.3, 0.4) is 0 Å². The molecular weight excluding hydrogens is 351 g/mol. The topological polar surface area (TPSA) is 72.9 Å². The molecule has 24 heavy (non-hydrogen) atoms. The number of tetrazole rings is 1. The van der Waals surface area contributed by atoms with E-state index in [9.17, 15) is 0 Å². The third kappa shape index (κ3) is 3.60. The summed E-state index contributed by atoms with van der Waals surface area (Å²) >= 11 is 12.5. The summed E-state index contributed by atoms with van der Waals surface area (Å²) in [5, 5.41) is 14.9. The molecule has 1 N–H and O–H groups in total. The molecule has 0 radical (unpaired) electrons. The number of nitrogens with zero attached hydrogens (tertiary/aromatic N) is 3. The van der Waals surface area contributed by atoms with Crippen molar-refractivity contribution in [3.05, 3.63) is 52.0 Å². The molecule has 0 bridgehead atoms. The molecule has 1 aromatic heterocycles. The van der Waals surface area contributed by atoms with E-state index >= 15 is 0 Å². The summed E-state index contributed by atoms with van der Waals surface area (Å²) in [4.78, 5) is 0. The highest BCUT2D eigenvalue weighted by atomic mass is 35.5. The summed E-state index contributed by atoms with van der Waals surface area (Å²) in [7, 11) is 0. The highest BCUT2D eigenvalue weighted by Gasteiger charge is 2.16. The highest BCUT2D eigenvalue weighted by molar-refractivity contribution is 6.32. The van der Waals surface area contributed by atoms with Crippen molar-refractivity contribution in [2.24, 2.45) is 0 Å². The zero-order chi connectivity index (χ0) is 16.9. The van der Waals surface area contributed by atoms with E-state index < -0.39 is 0 Å². The van der Waals surface area contributed by atoms with Crippen molar-refractivity contribution >= 4 is 23.2 Å². The Kier molecular flexibility index (Phi) is 5.17. The fourth-order valence-corrected chi connectivity index (χ4v) is 2.61. The minimum Gasteiger partial charge on any atom is -0.490 e. The number of ether oxygens (including phenoxy) is 2. The number of aromatic nitrogens is 4. The molecule has 0 atom stereocenters. The van der Waals surface area contributed by atoms with E-state index in [1.165, 1.54) is 0 Å². The third-order valence-electron chi connectivity index (χ3n) is 3.24. The highest BCUT2D eigenvalue weighted by Crippen LogP contribution is 2.39. The number of hydrogen-bond donors (Lipinski definition) is 1. The lowest BCUT2D eigenvalue weighted by Gasteiger charge is -2.15. The maximum Gasteiger partial charge on any atom is 0.204 e. The number of halogens is 2.